The molecule has 0 aliphatic rings. The van der Waals surface area contributed by atoms with Crippen molar-refractivity contribution in [3.05, 3.63) is 46.2 Å². The van der Waals surface area contributed by atoms with Crippen LogP contribution in [0.3, 0.4) is 0 Å². The molecular weight excluding hydrogens is 332 g/mol. The van der Waals surface area contributed by atoms with E-state index in [0.29, 0.717) is 15.7 Å². The standard InChI is InChI=1S/C15H15BrN4O/c1-10-8-18-20(9-10)15(2,3)14(21)19-12-5-4-11(7-17)13(16)6-12/h4-6,8-9H,1-3H3,(H,19,21). The molecule has 0 bridgehead atoms. The molecule has 0 radical (unpaired) electrons. The number of nitrogens with one attached hydrogen (secondary N) is 1. The lowest BCUT2D eigenvalue weighted by Gasteiger charge is -2.24. The topological polar surface area (TPSA) is 70.7 Å². The minimum Gasteiger partial charge on any atom is -0.324 e. The predicted molar refractivity (Wildman–Crippen MR) is 83.8 cm³/mol. The summed E-state index contributed by atoms with van der Waals surface area (Å²) in [6, 6.07) is 7.13. The third-order valence-electron chi connectivity index (χ3n) is 3.19. The molecule has 1 amide bonds. The van der Waals surface area contributed by atoms with Gasteiger partial charge < -0.3 is 5.32 Å². The summed E-state index contributed by atoms with van der Waals surface area (Å²) in [4.78, 5) is 12.5. The van der Waals surface area contributed by atoms with Gasteiger partial charge in [-0.15, -0.1) is 0 Å². The Morgan fingerprint density at radius 2 is 2.19 bits per heavy atom. The molecule has 0 spiro atoms. The third kappa shape index (κ3) is 3.14. The van der Waals surface area contributed by atoms with Crippen LogP contribution in [0, 0.1) is 18.3 Å². The molecule has 0 fully saturated rings. The van der Waals surface area contributed by atoms with Crippen molar-refractivity contribution < 1.29 is 4.79 Å². The lowest BCUT2D eigenvalue weighted by atomic mass is 10.0. The average Bonchev–Trinajstić information content (AvgIpc) is 2.86. The molecule has 1 heterocycles. The molecule has 0 atom stereocenters. The highest BCUT2D eigenvalue weighted by molar-refractivity contribution is 9.10. The van der Waals surface area contributed by atoms with E-state index in [2.05, 4.69) is 32.4 Å². The van der Waals surface area contributed by atoms with E-state index in [4.69, 9.17) is 5.26 Å². The average molecular weight is 347 g/mol. The van der Waals surface area contributed by atoms with Gasteiger partial charge in [-0.1, -0.05) is 0 Å². The number of amides is 1. The molecule has 1 aromatic carbocycles. The molecule has 5 nitrogen and oxygen atoms in total. The van der Waals surface area contributed by atoms with Gasteiger partial charge in [0.25, 0.3) is 5.91 Å². The van der Waals surface area contributed by atoms with Crippen molar-refractivity contribution >= 4 is 27.5 Å². The van der Waals surface area contributed by atoms with Crippen molar-refractivity contribution in [3.63, 3.8) is 0 Å². The number of anilines is 1. The third-order valence-corrected chi connectivity index (χ3v) is 3.84. The highest BCUT2D eigenvalue weighted by Gasteiger charge is 2.30. The minimum absolute atomic E-state index is 0.179. The maximum Gasteiger partial charge on any atom is 0.251 e. The zero-order valence-corrected chi connectivity index (χ0v) is 13.6. The fourth-order valence-corrected chi connectivity index (χ4v) is 2.26. The van der Waals surface area contributed by atoms with Crippen LogP contribution in [0.5, 0.6) is 0 Å². The van der Waals surface area contributed by atoms with Gasteiger partial charge >= 0.3 is 0 Å². The first-order chi connectivity index (χ1) is 9.84. The first kappa shape index (κ1) is 15.3. The molecule has 0 unspecified atom stereocenters. The maximum absolute atomic E-state index is 12.5. The fraction of sp³-hybridized carbons (Fsp3) is 0.267. The lowest BCUT2D eigenvalue weighted by Crippen LogP contribution is -2.40. The first-order valence-electron chi connectivity index (χ1n) is 6.37. The Kier molecular flexibility index (Phi) is 4.14. The van der Waals surface area contributed by atoms with Gasteiger partial charge in [0.15, 0.2) is 0 Å². The summed E-state index contributed by atoms with van der Waals surface area (Å²) in [5, 5.41) is 15.9. The zero-order valence-electron chi connectivity index (χ0n) is 12.0. The van der Waals surface area contributed by atoms with Crippen LogP contribution in [0.2, 0.25) is 0 Å². The molecule has 108 valence electrons. The van der Waals surface area contributed by atoms with Crippen molar-refractivity contribution in [1.29, 1.82) is 5.26 Å². The van der Waals surface area contributed by atoms with E-state index in [1.165, 1.54) is 0 Å². The summed E-state index contributed by atoms with van der Waals surface area (Å²) >= 11 is 3.30. The van der Waals surface area contributed by atoms with Gasteiger partial charge in [0.2, 0.25) is 0 Å². The van der Waals surface area contributed by atoms with Crippen molar-refractivity contribution in [2.24, 2.45) is 0 Å². The number of halogens is 1. The Balaban J connectivity index is 2.21. The molecule has 21 heavy (non-hydrogen) atoms. The van der Waals surface area contributed by atoms with E-state index in [1.807, 2.05) is 13.1 Å². The Labute approximate surface area is 131 Å². The van der Waals surface area contributed by atoms with Crippen LogP contribution in [-0.4, -0.2) is 15.7 Å². The van der Waals surface area contributed by atoms with Crippen molar-refractivity contribution in [2.45, 2.75) is 26.3 Å². The second-order valence-electron chi connectivity index (χ2n) is 5.28. The van der Waals surface area contributed by atoms with E-state index >= 15 is 0 Å². The largest absolute Gasteiger partial charge is 0.324 e. The Morgan fingerprint density at radius 1 is 1.48 bits per heavy atom. The molecule has 1 aromatic heterocycles. The number of benzene rings is 1. The second kappa shape index (κ2) is 5.70. The van der Waals surface area contributed by atoms with E-state index in [-0.39, 0.29) is 5.91 Å². The Bertz CT molecular complexity index is 728. The predicted octanol–water partition coefficient (Wildman–Crippen LogP) is 3.20. The first-order valence-corrected chi connectivity index (χ1v) is 7.17. The van der Waals surface area contributed by atoms with E-state index in [0.717, 1.165) is 5.56 Å². The quantitative estimate of drug-likeness (QED) is 0.927. The summed E-state index contributed by atoms with van der Waals surface area (Å²) in [5.41, 5.74) is 1.34. The highest BCUT2D eigenvalue weighted by atomic mass is 79.9. The van der Waals surface area contributed by atoms with Gasteiger partial charge in [-0.05, 0) is 60.5 Å². The molecule has 2 rings (SSSR count). The fourth-order valence-electron chi connectivity index (χ4n) is 1.79. The van der Waals surface area contributed by atoms with Crippen molar-refractivity contribution in [2.75, 3.05) is 5.32 Å². The number of carbonyl (C=O) groups is 1. The molecule has 0 aliphatic carbocycles. The van der Waals surface area contributed by atoms with Gasteiger partial charge in [-0.3, -0.25) is 9.48 Å². The number of carbonyl (C=O) groups excluding carboxylic acids is 1. The van der Waals surface area contributed by atoms with Crippen LogP contribution in [-0.2, 0) is 10.3 Å². The molecule has 2 aromatic rings. The molecule has 0 saturated heterocycles. The van der Waals surface area contributed by atoms with Crippen LogP contribution in [0.1, 0.15) is 25.0 Å². The molecule has 0 saturated carbocycles. The number of aromatic nitrogens is 2. The molecule has 6 heteroatoms. The van der Waals surface area contributed by atoms with Crippen LogP contribution >= 0.6 is 15.9 Å². The smallest absolute Gasteiger partial charge is 0.251 e. The van der Waals surface area contributed by atoms with Crippen LogP contribution in [0.4, 0.5) is 5.69 Å². The Hall–Kier alpha value is -2.13. The van der Waals surface area contributed by atoms with E-state index < -0.39 is 5.54 Å². The van der Waals surface area contributed by atoms with Gasteiger partial charge in [-0.2, -0.15) is 10.4 Å². The summed E-state index contributed by atoms with van der Waals surface area (Å²) in [6.07, 6.45) is 3.54. The van der Waals surface area contributed by atoms with Gasteiger partial charge in [0.1, 0.15) is 11.6 Å². The molecular formula is C15H15BrN4O. The molecule has 1 N–H and O–H groups in total. The van der Waals surface area contributed by atoms with Gasteiger partial charge in [0, 0.05) is 16.4 Å². The molecule has 0 aliphatic heterocycles. The number of aryl methyl sites for hydroxylation is 1. The van der Waals surface area contributed by atoms with Crippen LogP contribution in [0.25, 0.3) is 0 Å². The summed E-state index contributed by atoms with van der Waals surface area (Å²) < 4.78 is 2.28. The minimum atomic E-state index is -0.811. The monoisotopic (exact) mass is 346 g/mol. The SMILES string of the molecule is Cc1cnn(C(C)(C)C(=O)Nc2ccc(C#N)c(Br)c2)c1. The van der Waals surface area contributed by atoms with Crippen LogP contribution < -0.4 is 5.32 Å². The Morgan fingerprint density at radius 3 is 2.71 bits per heavy atom. The van der Waals surface area contributed by atoms with Crippen molar-refractivity contribution in [3.8, 4) is 6.07 Å². The van der Waals surface area contributed by atoms with Crippen LogP contribution in [0.15, 0.2) is 35.1 Å². The lowest BCUT2D eigenvalue weighted by molar-refractivity contribution is -0.123. The number of hydrogen-bond acceptors (Lipinski definition) is 3. The number of nitrogens with zero attached hydrogens (tertiary/aromatic N) is 3. The summed E-state index contributed by atoms with van der Waals surface area (Å²) in [5.74, 6) is -0.179. The van der Waals surface area contributed by atoms with Gasteiger partial charge in [0.05, 0.1) is 11.8 Å². The highest BCUT2D eigenvalue weighted by Crippen LogP contribution is 2.23. The number of rotatable bonds is 3. The zero-order chi connectivity index (χ0) is 15.6. The maximum atomic E-state index is 12.5. The normalized spacial score (nSPS) is 11.0. The second-order valence-corrected chi connectivity index (χ2v) is 6.14. The van der Waals surface area contributed by atoms with Gasteiger partial charge in [-0.25, -0.2) is 0 Å². The summed E-state index contributed by atoms with van der Waals surface area (Å²) in [6.45, 7) is 5.52. The number of hydrogen-bond donors (Lipinski definition) is 1. The van der Waals surface area contributed by atoms with E-state index in [1.54, 1.807) is 42.9 Å². The summed E-state index contributed by atoms with van der Waals surface area (Å²) in [7, 11) is 0. The van der Waals surface area contributed by atoms with Crippen molar-refractivity contribution in [1.82, 2.24) is 9.78 Å². The van der Waals surface area contributed by atoms with E-state index in [9.17, 15) is 4.79 Å². The number of nitriles is 1.